The lowest BCUT2D eigenvalue weighted by Gasteiger charge is -2.07. The summed E-state index contributed by atoms with van der Waals surface area (Å²) in [7, 11) is -2.59. The largest absolute Gasteiger partial charge is 0.677 e. The molecule has 1 aliphatic heterocycles. The SMILES string of the molecule is CSc1cn(B(F)F)c(/C=C2\C=CC=N2)c1-c1ccccc1. The highest BCUT2D eigenvalue weighted by Gasteiger charge is 2.25. The maximum Gasteiger partial charge on any atom is 0.677 e. The lowest BCUT2D eigenvalue weighted by molar-refractivity contribution is 0.628. The van der Waals surface area contributed by atoms with Crippen LogP contribution >= 0.6 is 11.8 Å². The molecule has 2 nitrogen and oxygen atoms in total. The molecule has 1 aromatic heterocycles. The van der Waals surface area contributed by atoms with Crippen LogP contribution in [0.3, 0.4) is 0 Å². The van der Waals surface area contributed by atoms with Crippen LogP contribution in [0.1, 0.15) is 5.69 Å². The molecule has 0 spiro atoms. The fourth-order valence-electron chi connectivity index (χ4n) is 2.41. The molecule has 0 radical (unpaired) electrons. The molecule has 2 heterocycles. The zero-order valence-electron chi connectivity index (χ0n) is 11.9. The smallest absolute Gasteiger partial charge is 0.331 e. The minimum atomic E-state index is -2.59. The van der Waals surface area contributed by atoms with Gasteiger partial charge in [-0.25, -0.2) is 0 Å². The van der Waals surface area contributed by atoms with Gasteiger partial charge in [-0.1, -0.05) is 30.3 Å². The van der Waals surface area contributed by atoms with Gasteiger partial charge in [-0.05, 0) is 30.0 Å². The van der Waals surface area contributed by atoms with Crippen LogP contribution in [0.25, 0.3) is 17.2 Å². The minimum absolute atomic E-state index is 0.476. The van der Waals surface area contributed by atoms with Crippen LogP contribution in [0.5, 0.6) is 0 Å². The molecule has 0 saturated carbocycles. The van der Waals surface area contributed by atoms with Crippen molar-refractivity contribution in [1.29, 1.82) is 0 Å². The van der Waals surface area contributed by atoms with Crippen molar-refractivity contribution < 1.29 is 8.63 Å². The molecule has 22 heavy (non-hydrogen) atoms. The van der Waals surface area contributed by atoms with Crippen LogP contribution in [0.2, 0.25) is 0 Å². The molecule has 1 aliphatic rings. The molecule has 6 heteroatoms. The van der Waals surface area contributed by atoms with Crippen molar-refractivity contribution in [2.24, 2.45) is 4.99 Å². The molecule has 110 valence electrons. The van der Waals surface area contributed by atoms with Crippen LogP contribution in [-0.2, 0) is 0 Å². The van der Waals surface area contributed by atoms with Crippen LogP contribution in [0.15, 0.2) is 64.3 Å². The van der Waals surface area contributed by atoms with E-state index in [0.717, 1.165) is 20.5 Å². The van der Waals surface area contributed by atoms with Gasteiger partial charge < -0.3 is 4.48 Å². The Bertz CT molecular complexity index is 750. The number of aliphatic imine (C=N–C) groups is 1. The molecule has 0 unspecified atom stereocenters. The van der Waals surface area contributed by atoms with Crippen molar-refractivity contribution in [2.75, 3.05) is 6.26 Å². The summed E-state index contributed by atoms with van der Waals surface area (Å²) in [5, 5.41) is 0. The van der Waals surface area contributed by atoms with Crippen LogP contribution < -0.4 is 0 Å². The number of halogens is 2. The number of nitrogens with zero attached hydrogens (tertiary/aromatic N) is 2. The normalized spacial score (nSPS) is 15.0. The third kappa shape index (κ3) is 2.79. The summed E-state index contributed by atoms with van der Waals surface area (Å²) in [6.07, 6.45) is 10.3. The Balaban J connectivity index is 2.24. The van der Waals surface area contributed by atoms with Gasteiger partial charge in [0.15, 0.2) is 0 Å². The van der Waals surface area contributed by atoms with Crippen molar-refractivity contribution in [3.05, 3.63) is 60.1 Å². The van der Waals surface area contributed by atoms with Gasteiger partial charge in [0.2, 0.25) is 0 Å². The van der Waals surface area contributed by atoms with Gasteiger partial charge >= 0.3 is 7.40 Å². The van der Waals surface area contributed by atoms with Gasteiger partial charge in [0.05, 0.1) is 5.70 Å². The highest BCUT2D eigenvalue weighted by Crippen LogP contribution is 2.37. The first-order chi connectivity index (χ1) is 10.7. The van der Waals surface area contributed by atoms with E-state index in [2.05, 4.69) is 4.99 Å². The molecule has 3 rings (SSSR count). The van der Waals surface area contributed by atoms with E-state index in [1.165, 1.54) is 18.0 Å². The predicted molar refractivity (Wildman–Crippen MR) is 90.6 cm³/mol. The van der Waals surface area contributed by atoms with Crippen molar-refractivity contribution in [1.82, 2.24) is 4.48 Å². The molecule has 0 aliphatic carbocycles. The lowest BCUT2D eigenvalue weighted by atomic mass is 10.0. The summed E-state index contributed by atoms with van der Waals surface area (Å²) in [5.41, 5.74) is 2.88. The first-order valence-corrected chi connectivity index (χ1v) is 7.98. The molecule has 2 aromatic rings. The van der Waals surface area contributed by atoms with Crippen LogP contribution in [0.4, 0.5) is 8.63 Å². The van der Waals surface area contributed by atoms with Crippen molar-refractivity contribution in [3.63, 3.8) is 0 Å². The standard InChI is InChI=1S/C16H13BF2N2S/c1-22-15-11-21(17(18)19)14(10-13-8-5-9-20-13)16(15)12-6-3-2-4-7-12/h2-11H,1H3/b13-10+. The lowest BCUT2D eigenvalue weighted by Crippen LogP contribution is -2.13. The Hall–Kier alpha value is -2.08. The van der Waals surface area contributed by atoms with Crippen molar-refractivity contribution in [2.45, 2.75) is 4.90 Å². The molecule has 0 amide bonds. The molecule has 0 bridgehead atoms. The van der Waals surface area contributed by atoms with Crippen LogP contribution in [-0.4, -0.2) is 24.4 Å². The number of rotatable bonds is 4. The van der Waals surface area contributed by atoms with E-state index < -0.39 is 7.40 Å². The average Bonchev–Trinajstić information content (AvgIpc) is 3.16. The summed E-state index contributed by atoms with van der Waals surface area (Å²) in [6, 6.07) is 9.59. The molecule has 0 N–H and O–H groups in total. The number of benzene rings is 1. The first-order valence-electron chi connectivity index (χ1n) is 6.75. The Labute approximate surface area is 132 Å². The van der Waals surface area contributed by atoms with Gasteiger partial charge in [0, 0.05) is 28.6 Å². The number of hydrogen-bond acceptors (Lipinski definition) is 2. The average molecular weight is 314 g/mol. The molecular weight excluding hydrogens is 301 g/mol. The highest BCUT2D eigenvalue weighted by molar-refractivity contribution is 7.98. The highest BCUT2D eigenvalue weighted by atomic mass is 32.2. The second kappa shape index (κ2) is 6.36. The maximum absolute atomic E-state index is 13.4. The van der Waals surface area contributed by atoms with E-state index in [1.54, 1.807) is 24.4 Å². The fourth-order valence-corrected chi connectivity index (χ4v) is 3.06. The fraction of sp³-hybridized carbons (Fsp3) is 0.0625. The Kier molecular flexibility index (Phi) is 4.29. The zero-order chi connectivity index (χ0) is 15.5. The Morgan fingerprint density at radius 2 is 2.00 bits per heavy atom. The topological polar surface area (TPSA) is 17.3 Å². The molecule has 0 atom stereocenters. The second-order valence-electron chi connectivity index (χ2n) is 4.72. The minimum Gasteiger partial charge on any atom is -0.331 e. The molecule has 0 saturated heterocycles. The summed E-state index contributed by atoms with van der Waals surface area (Å²) in [4.78, 5) is 4.98. The quantitative estimate of drug-likeness (QED) is 0.594. The maximum atomic E-state index is 13.4. The van der Waals surface area contributed by atoms with E-state index in [4.69, 9.17) is 0 Å². The third-order valence-corrected chi connectivity index (χ3v) is 4.14. The van der Waals surface area contributed by atoms with Gasteiger partial charge in [0.1, 0.15) is 0 Å². The van der Waals surface area contributed by atoms with Gasteiger partial charge in [-0.2, -0.15) is 0 Å². The summed E-state index contributed by atoms with van der Waals surface area (Å²) in [6.45, 7) is 0. The summed E-state index contributed by atoms with van der Waals surface area (Å²) >= 11 is 1.46. The van der Waals surface area contributed by atoms with Gasteiger partial charge in [-0.15, -0.1) is 11.8 Å². The summed E-state index contributed by atoms with van der Waals surface area (Å²) in [5.74, 6) is 0. The van der Waals surface area contributed by atoms with E-state index in [9.17, 15) is 8.63 Å². The number of thioether (sulfide) groups is 1. The summed E-state index contributed by atoms with van der Waals surface area (Å²) < 4.78 is 27.8. The van der Waals surface area contributed by atoms with E-state index in [0.29, 0.717) is 11.4 Å². The van der Waals surface area contributed by atoms with Crippen LogP contribution in [0, 0.1) is 0 Å². The van der Waals surface area contributed by atoms with E-state index in [1.807, 2.05) is 36.6 Å². The molecule has 1 aromatic carbocycles. The van der Waals surface area contributed by atoms with Gasteiger partial charge in [-0.3, -0.25) is 13.6 Å². The third-order valence-electron chi connectivity index (χ3n) is 3.39. The first kappa shape index (κ1) is 14.8. The second-order valence-corrected chi connectivity index (χ2v) is 5.56. The number of hydrogen-bond donors (Lipinski definition) is 0. The Morgan fingerprint density at radius 1 is 1.23 bits per heavy atom. The van der Waals surface area contributed by atoms with E-state index in [-0.39, 0.29) is 0 Å². The molecule has 0 fully saturated rings. The predicted octanol–water partition coefficient (Wildman–Crippen LogP) is 4.63. The molecular formula is C16H13BF2N2S. The number of allylic oxidation sites excluding steroid dienone is 2. The van der Waals surface area contributed by atoms with Crippen molar-refractivity contribution in [3.8, 4) is 11.1 Å². The Morgan fingerprint density at radius 3 is 2.59 bits per heavy atom. The zero-order valence-corrected chi connectivity index (χ0v) is 12.7. The van der Waals surface area contributed by atoms with Crippen molar-refractivity contribution >= 4 is 31.5 Å². The van der Waals surface area contributed by atoms with E-state index >= 15 is 0 Å². The van der Waals surface area contributed by atoms with Gasteiger partial charge in [0.25, 0.3) is 0 Å². The monoisotopic (exact) mass is 314 g/mol. The number of aromatic nitrogens is 1.